The van der Waals surface area contributed by atoms with Gasteiger partial charge in [0.15, 0.2) is 0 Å². The van der Waals surface area contributed by atoms with Crippen LogP contribution in [0, 0.1) is 13.8 Å². The summed E-state index contributed by atoms with van der Waals surface area (Å²) >= 11 is 3.57. The van der Waals surface area contributed by atoms with E-state index in [4.69, 9.17) is 9.47 Å². The van der Waals surface area contributed by atoms with Gasteiger partial charge < -0.3 is 9.47 Å². The second-order valence-electron chi connectivity index (χ2n) is 9.40. The number of nitrogens with one attached hydrogen (secondary N) is 1. The molecule has 176 valence electrons. The van der Waals surface area contributed by atoms with Crippen molar-refractivity contribution in [2.75, 3.05) is 12.4 Å². The van der Waals surface area contributed by atoms with Crippen LogP contribution in [0.25, 0.3) is 0 Å². The number of thiophene rings is 2. The summed E-state index contributed by atoms with van der Waals surface area (Å²) in [6.07, 6.45) is 8.99. The molecular weight excluding hydrogens is 442 g/mol. The lowest BCUT2D eigenvalue weighted by Gasteiger charge is -2.20. The lowest BCUT2D eigenvalue weighted by atomic mass is 9.95. The summed E-state index contributed by atoms with van der Waals surface area (Å²) in [5.74, 6) is -0.165. The van der Waals surface area contributed by atoms with Gasteiger partial charge in [-0.3, -0.25) is 5.32 Å². The van der Waals surface area contributed by atoms with Gasteiger partial charge in [0.1, 0.15) is 5.60 Å². The van der Waals surface area contributed by atoms with Crippen LogP contribution in [0.5, 0.6) is 0 Å². The lowest BCUT2D eigenvalue weighted by molar-refractivity contribution is 0.0596. The summed E-state index contributed by atoms with van der Waals surface area (Å²) in [6, 6.07) is 0. The molecule has 0 bridgehead atoms. The Labute approximate surface area is 199 Å². The minimum Gasteiger partial charge on any atom is -0.465 e. The van der Waals surface area contributed by atoms with Crippen molar-refractivity contribution in [2.45, 2.75) is 91.6 Å². The number of anilines is 1. The summed E-state index contributed by atoms with van der Waals surface area (Å²) in [7, 11) is 1.45. The SMILES string of the molecule is COC(=O)c1c(C)sc2c1CCCC2.Cc1sc2c(c1NC(=O)OC(C)(C)C)CCCC2. The van der Waals surface area contributed by atoms with Crippen molar-refractivity contribution in [3.05, 3.63) is 36.2 Å². The first-order valence-electron chi connectivity index (χ1n) is 11.4. The fourth-order valence-electron chi connectivity index (χ4n) is 4.34. The van der Waals surface area contributed by atoms with E-state index >= 15 is 0 Å². The number of amides is 1. The van der Waals surface area contributed by atoms with E-state index in [0.29, 0.717) is 0 Å². The molecule has 0 spiro atoms. The number of carbonyl (C=O) groups is 2. The molecule has 2 aromatic rings. The Morgan fingerprint density at radius 2 is 1.38 bits per heavy atom. The number of hydrogen-bond acceptors (Lipinski definition) is 6. The van der Waals surface area contributed by atoms with Gasteiger partial charge in [-0.2, -0.15) is 0 Å². The maximum absolute atomic E-state index is 11.8. The van der Waals surface area contributed by atoms with Crippen LogP contribution in [0.2, 0.25) is 0 Å². The Morgan fingerprint density at radius 3 is 1.97 bits per heavy atom. The number of rotatable bonds is 2. The highest BCUT2D eigenvalue weighted by Gasteiger charge is 2.24. The Kier molecular flexibility index (Phi) is 8.04. The van der Waals surface area contributed by atoms with Crippen LogP contribution >= 0.6 is 22.7 Å². The number of aryl methyl sites for hydroxylation is 4. The molecule has 0 aromatic carbocycles. The Bertz CT molecular complexity index is 981. The topological polar surface area (TPSA) is 64.6 Å². The van der Waals surface area contributed by atoms with Gasteiger partial charge in [-0.15, -0.1) is 22.7 Å². The molecule has 0 saturated carbocycles. The van der Waals surface area contributed by atoms with Crippen LogP contribution in [0.1, 0.15) is 87.4 Å². The minimum absolute atomic E-state index is 0.165. The lowest BCUT2D eigenvalue weighted by Crippen LogP contribution is -2.27. The fraction of sp³-hybridized carbons (Fsp3) is 0.600. The first-order chi connectivity index (χ1) is 15.1. The zero-order chi connectivity index (χ0) is 23.5. The van der Waals surface area contributed by atoms with Crippen LogP contribution in [-0.2, 0) is 35.2 Å². The highest BCUT2D eigenvalue weighted by molar-refractivity contribution is 7.13. The minimum atomic E-state index is -0.450. The quantitative estimate of drug-likeness (QED) is 0.473. The van der Waals surface area contributed by atoms with Gasteiger partial charge in [0.05, 0.1) is 18.4 Å². The molecule has 32 heavy (non-hydrogen) atoms. The third kappa shape index (κ3) is 5.93. The van der Waals surface area contributed by atoms with Crippen molar-refractivity contribution in [3.63, 3.8) is 0 Å². The van der Waals surface area contributed by atoms with E-state index in [1.807, 2.05) is 27.7 Å². The fourth-order valence-corrected chi connectivity index (χ4v) is 6.82. The molecule has 2 heterocycles. The third-order valence-corrected chi connectivity index (χ3v) is 8.12. The molecule has 0 saturated heterocycles. The van der Waals surface area contributed by atoms with Crippen molar-refractivity contribution in [2.24, 2.45) is 0 Å². The standard InChI is InChI=1S/C14H21NO2S.C11H14O2S/c1-9-12(15-13(16)17-14(2,3)4)10-7-5-6-8-11(10)18-9;1-7-10(11(12)13-2)8-5-3-4-6-9(8)14-7/h5-8H2,1-4H3,(H,15,16);3-6H2,1-2H3. The molecule has 2 aliphatic carbocycles. The van der Waals surface area contributed by atoms with Gasteiger partial charge >= 0.3 is 12.1 Å². The molecule has 0 unspecified atom stereocenters. The third-order valence-electron chi connectivity index (χ3n) is 5.71. The molecule has 0 fully saturated rings. The Hall–Kier alpha value is -1.86. The summed E-state index contributed by atoms with van der Waals surface area (Å²) in [5, 5.41) is 2.92. The first-order valence-corrected chi connectivity index (χ1v) is 13.0. The van der Waals surface area contributed by atoms with Gasteiger partial charge in [0.2, 0.25) is 0 Å². The van der Waals surface area contributed by atoms with Crippen molar-refractivity contribution >= 4 is 40.4 Å². The highest BCUT2D eigenvalue weighted by atomic mass is 32.1. The van der Waals surface area contributed by atoms with E-state index in [1.54, 1.807) is 22.7 Å². The average molecular weight is 478 g/mol. The molecule has 2 aromatic heterocycles. The van der Waals surface area contributed by atoms with Crippen LogP contribution < -0.4 is 5.32 Å². The molecule has 7 heteroatoms. The molecule has 1 N–H and O–H groups in total. The molecule has 1 amide bonds. The van der Waals surface area contributed by atoms with E-state index in [9.17, 15) is 9.59 Å². The van der Waals surface area contributed by atoms with E-state index in [0.717, 1.165) is 41.8 Å². The first kappa shape index (κ1) is 24.8. The van der Waals surface area contributed by atoms with E-state index in [-0.39, 0.29) is 12.1 Å². The maximum Gasteiger partial charge on any atom is 0.412 e. The molecule has 0 aliphatic heterocycles. The summed E-state index contributed by atoms with van der Waals surface area (Å²) in [6.45, 7) is 9.71. The smallest absolute Gasteiger partial charge is 0.412 e. The van der Waals surface area contributed by atoms with E-state index < -0.39 is 5.60 Å². The highest BCUT2D eigenvalue weighted by Crippen LogP contribution is 2.38. The monoisotopic (exact) mass is 477 g/mol. The Morgan fingerprint density at radius 1 is 0.844 bits per heavy atom. The predicted octanol–water partition coefficient (Wildman–Crippen LogP) is 7.00. The number of ether oxygens (including phenoxy) is 2. The molecule has 0 atom stereocenters. The molecule has 2 aliphatic rings. The zero-order valence-electron chi connectivity index (χ0n) is 20.1. The zero-order valence-corrected chi connectivity index (χ0v) is 21.7. The molecular formula is C25H35NO4S2. The van der Waals surface area contributed by atoms with Crippen molar-refractivity contribution in [3.8, 4) is 0 Å². The second kappa shape index (κ2) is 10.4. The van der Waals surface area contributed by atoms with Crippen LogP contribution in [0.4, 0.5) is 10.5 Å². The van der Waals surface area contributed by atoms with Gasteiger partial charge in [0.25, 0.3) is 0 Å². The number of fused-ring (bicyclic) bond motifs is 2. The second-order valence-corrected chi connectivity index (χ2v) is 12.0. The summed E-state index contributed by atoms with van der Waals surface area (Å²) in [4.78, 5) is 28.5. The molecule has 0 radical (unpaired) electrons. The van der Waals surface area contributed by atoms with Crippen molar-refractivity contribution in [1.82, 2.24) is 0 Å². The average Bonchev–Trinajstić information content (AvgIpc) is 3.22. The number of hydrogen-bond donors (Lipinski definition) is 1. The van der Waals surface area contributed by atoms with E-state index in [2.05, 4.69) is 12.2 Å². The predicted molar refractivity (Wildman–Crippen MR) is 133 cm³/mol. The normalized spacial score (nSPS) is 15.1. The number of esters is 1. The van der Waals surface area contributed by atoms with Gasteiger partial charge in [-0.1, -0.05) is 0 Å². The van der Waals surface area contributed by atoms with Gasteiger partial charge in [-0.25, -0.2) is 9.59 Å². The molecule has 4 rings (SSSR count). The number of carbonyl (C=O) groups excluding carboxylic acids is 2. The largest absolute Gasteiger partial charge is 0.465 e. The molecule has 5 nitrogen and oxygen atoms in total. The van der Waals surface area contributed by atoms with Crippen molar-refractivity contribution in [1.29, 1.82) is 0 Å². The summed E-state index contributed by atoms with van der Waals surface area (Å²) in [5.41, 5.74) is 3.96. The van der Waals surface area contributed by atoms with Crippen LogP contribution in [0.3, 0.4) is 0 Å². The van der Waals surface area contributed by atoms with Crippen LogP contribution in [-0.4, -0.2) is 24.8 Å². The summed E-state index contributed by atoms with van der Waals surface area (Å²) < 4.78 is 10.1. The van der Waals surface area contributed by atoms with Gasteiger partial charge in [0, 0.05) is 19.5 Å². The van der Waals surface area contributed by atoms with E-state index in [1.165, 1.54) is 58.6 Å². The number of methoxy groups -OCH3 is 1. The van der Waals surface area contributed by atoms with Crippen molar-refractivity contribution < 1.29 is 19.1 Å². The van der Waals surface area contributed by atoms with Gasteiger partial charge in [-0.05, 0) is 97.1 Å². The Balaban J connectivity index is 0.000000186. The van der Waals surface area contributed by atoms with Crippen LogP contribution in [0.15, 0.2) is 0 Å². The maximum atomic E-state index is 11.8.